The first-order chi connectivity index (χ1) is 12.2. The van der Waals surface area contributed by atoms with Crippen LogP contribution in [0.3, 0.4) is 0 Å². The van der Waals surface area contributed by atoms with Gasteiger partial charge in [0.15, 0.2) is 0 Å². The van der Waals surface area contributed by atoms with E-state index in [4.69, 9.17) is 0 Å². The zero-order chi connectivity index (χ0) is 17.2. The van der Waals surface area contributed by atoms with Crippen molar-refractivity contribution in [3.63, 3.8) is 0 Å². The third-order valence-electron chi connectivity index (χ3n) is 4.33. The summed E-state index contributed by atoms with van der Waals surface area (Å²) in [4.78, 5) is 11.4. The van der Waals surface area contributed by atoms with Gasteiger partial charge in [0.25, 0.3) is 5.69 Å². The molecule has 0 aromatic heterocycles. The number of non-ortho nitro benzene ring substituents is 1. The van der Waals surface area contributed by atoms with Crippen molar-refractivity contribution in [1.82, 2.24) is 0 Å². The molecule has 4 rings (SSSR count). The molecule has 1 aliphatic heterocycles. The van der Waals surface area contributed by atoms with Crippen LogP contribution < -0.4 is 4.31 Å². The van der Waals surface area contributed by atoms with Crippen molar-refractivity contribution in [2.75, 3.05) is 10.8 Å². The molecule has 25 heavy (non-hydrogen) atoms. The SMILES string of the molecule is O=[N+]([O-])c1ccc(SN2CCc3ccccc3-c3ccccc32)cc1. The van der Waals surface area contributed by atoms with Gasteiger partial charge in [0.05, 0.1) is 10.6 Å². The highest BCUT2D eigenvalue weighted by atomic mass is 32.2. The number of anilines is 1. The highest BCUT2D eigenvalue weighted by Gasteiger charge is 2.20. The van der Waals surface area contributed by atoms with E-state index >= 15 is 0 Å². The molecule has 0 atom stereocenters. The molecule has 0 bridgehead atoms. The zero-order valence-corrected chi connectivity index (χ0v) is 14.3. The molecule has 124 valence electrons. The number of rotatable bonds is 3. The average molecular weight is 348 g/mol. The molecule has 3 aromatic carbocycles. The highest BCUT2D eigenvalue weighted by molar-refractivity contribution is 8.00. The fourth-order valence-corrected chi connectivity index (χ4v) is 4.07. The number of nitro benzene ring substituents is 1. The van der Waals surface area contributed by atoms with Crippen molar-refractivity contribution in [3.8, 4) is 11.1 Å². The standard InChI is InChI=1S/C20H16N2O2S/c23-22(24)16-9-11-17(12-10-16)25-21-14-13-15-5-1-2-6-18(15)19-7-3-4-8-20(19)21/h1-12H,13-14H2. The molecule has 1 heterocycles. The first-order valence-corrected chi connectivity index (χ1v) is 8.87. The van der Waals surface area contributed by atoms with Crippen LogP contribution in [-0.4, -0.2) is 11.5 Å². The summed E-state index contributed by atoms with van der Waals surface area (Å²) in [6, 6.07) is 23.7. The Kier molecular flexibility index (Phi) is 4.15. The average Bonchev–Trinajstić information content (AvgIpc) is 2.80. The van der Waals surface area contributed by atoms with Crippen molar-refractivity contribution in [2.24, 2.45) is 0 Å². The van der Waals surface area contributed by atoms with Crippen LogP contribution in [0.1, 0.15) is 5.56 Å². The van der Waals surface area contributed by atoms with Crippen LogP contribution in [0.2, 0.25) is 0 Å². The van der Waals surface area contributed by atoms with E-state index in [0.717, 1.165) is 17.9 Å². The van der Waals surface area contributed by atoms with Gasteiger partial charge in [-0.15, -0.1) is 0 Å². The van der Waals surface area contributed by atoms with Gasteiger partial charge < -0.3 is 4.31 Å². The molecule has 0 fully saturated rings. The van der Waals surface area contributed by atoms with E-state index in [1.54, 1.807) is 24.1 Å². The monoisotopic (exact) mass is 348 g/mol. The Hall–Kier alpha value is -2.79. The van der Waals surface area contributed by atoms with Gasteiger partial charge in [-0.2, -0.15) is 0 Å². The van der Waals surface area contributed by atoms with Gasteiger partial charge in [0.2, 0.25) is 0 Å². The molecule has 0 N–H and O–H groups in total. The second kappa shape index (κ2) is 6.61. The minimum Gasteiger partial charge on any atom is -0.311 e. The molecule has 5 heteroatoms. The summed E-state index contributed by atoms with van der Waals surface area (Å²) in [7, 11) is 0. The first kappa shape index (κ1) is 15.7. The number of nitrogens with zero attached hydrogens (tertiary/aromatic N) is 2. The topological polar surface area (TPSA) is 46.4 Å². The molecule has 0 amide bonds. The van der Waals surface area contributed by atoms with Crippen LogP contribution in [0.25, 0.3) is 11.1 Å². The molecule has 0 unspecified atom stereocenters. The van der Waals surface area contributed by atoms with Crippen LogP contribution in [0, 0.1) is 10.1 Å². The summed E-state index contributed by atoms with van der Waals surface area (Å²) in [5.74, 6) is 0. The van der Waals surface area contributed by atoms with Gasteiger partial charge in [-0.3, -0.25) is 10.1 Å². The summed E-state index contributed by atoms with van der Waals surface area (Å²) >= 11 is 1.62. The molecule has 1 aliphatic rings. The van der Waals surface area contributed by atoms with Gasteiger partial charge in [0, 0.05) is 29.1 Å². The molecular weight excluding hydrogens is 332 g/mol. The van der Waals surface area contributed by atoms with Crippen molar-refractivity contribution >= 4 is 23.3 Å². The fourth-order valence-electron chi connectivity index (χ4n) is 3.11. The third-order valence-corrected chi connectivity index (χ3v) is 5.41. The van der Waals surface area contributed by atoms with Gasteiger partial charge in [0.1, 0.15) is 0 Å². The van der Waals surface area contributed by atoms with Crippen LogP contribution in [-0.2, 0) is 6.42 Å². The summed E-state index contributed by atoms with van der Waals surface area (Å²) in [6.07, 6.45) is 0.963. The maximum atomic E-state index is 10.8. The number of para-hydroxylation sites is 1. The van der Waals surface area contributed by atoms with Gasteiger partial charge in [-0.1, -0.05) is 42.5 Å². The second-order valence-electron chi connectivity index (χ2n) is 5.87. The molecule has 0 aliphatic carbocycles. The van der Waals surface area contributed by atoms with Crippen LogP contribution in [0.4, 0.5) is 11.4 Å². The van der Waals surface area contributed by atoms with Crippen molar-refractivity contribution < 1.29 is 4.92 Å². The van der Waals surface area contributed by atoms with Crippen molar-refractivity contribution in [2.45, 2.75) is 11.3 Å². The van der Waals surface area contributed by atoms with E-state index in [2.05, 4.69) is 52.8 Å². The first-order valence-electron chi connectivity index (χ1n) is 8.09. The normalized spacial score (nSPS) is 12.9. The van der Waals surface area contributed by atoms with Crippen molar-refractivity contribution in [3.05, 3.63) is 88.5 Å². The van der Waals surface area contributed by atoms with E-state index < -0.39 is 0 Å². The minimum atomic E-state index is -0.369. The Bertz CT molecular complexity index is 925. The molecule has 3 aromatic rings. The van der Waals surface area contributed by atoms with E-state index in [0.29, 0.717) is 0 Å². The maximum absolute atomic E-state index is 10.8. The van der Waals surface area contributed by atoms with Crippen LogP contribution in [0.15, 0.2) is 77.7 Å². The smallest absolute Gasteiger partial charge is 0.269 e. The Morgan fingerprint density at radius 3 is 2.32 bits per heavy atom. The summed E-state index contributed by atoms with van der Waals surface area (Å²) in [5.41, 5.74) is 5.15. The number of hydrogen-bond acceptors (Lipinski definition) is 4. The largest absolute Gasteiger partial charge is 0.311 e. The molecule has 4 nitrogen and oxygen atoms in total. The lowest BCUT2D eigenvalue weighted by atomic mass is 9.98. The Labute approximate surface area is 150 Å². The van der Waals surface area contributed by atoms with Crippen LogP contribution >= 0.6 is 11.9 Å². The summed E-state index contributed by atoms with van der Waals surface area (Å²) in [6.45, 7) is 0.885. The van der Waals surface area contributed by atoms with Crippen LogP contribution in [0.5, 0.6) is 0 Å². The molecule has 0 radical (unpaired) electrons. The third kappa shape index (κ3) is 3.10. The number of fused-ring (bicyclic) bond motifs is 3. The lowest BCUT2D eigenvalue weighted by Crippen LogP contribution is -2.16. The van der Waals surface area contributed by atoms with E-state index in [9.17, 15) is 10.1 Å². The van der Waals surface area contributed by atoms with E-state index in [1.807, 2.05) is 12.1 Å². The van der Waals surface area contributed by atoms with Gasteiger partial charge in [-0.05, 0) is 47.7 Å². The molecule has 0 saturated heterocycles. The molecule has 0 spiro atoms. The number of nitro groups is 1. The second-order valence-corrected chi connectivity index (χ2v) is 6.96. The summed E-state index contributed by atoms with van der Waals surface area (Å²) in [5, 5.41) is 10.8. The van der Waals surface area contributed by atoms with E-state index in [1.165, 1.54) is 22.4 Å². The molecular formula is C20H16N2O2S. The quantitative estimate of drug-likeness (QED) is 0.364. The minimum absolute atomic E-state index is 0.119. The Morgan fingerprint density at radius 2 is 1.56 bits per heavy atom. The lowest BCUT2D eigenvalue weighted by molar-refractivity contribution is -0.384. The fraction of sp³-hybridized carbons (Fsp3) is 0.100. The zero-order valence-electron chi connectivity index (χ0n) is 13.5. The maximum Gasteiger partial charge on any atom is 0.269 e. The predicted molar refractivity (Wildman–Crippen MR) is 102 cm³/mol. The summed E-state index contributed by atoms with van der Waals surface area (Å²) < 4.78 is 2.27. The Balaban J connectivity index is 1.68. The van der Waals surface area contributed by atoms with Gasteiger partial charge in [-0.25, -0.2) is 0 Å². The van der Waals surface area contributed by atoms with E-state index in [-0.39, 0.29) is 10.6 Å². The number of benzene rings is 3. The van der Waals surface area contributed by atoms with Gasteiger partial charge >= 0.3 is 0 Å². The molecule has 0 saturated carbocycles. The van der Waals surface area contributed by atoms with Crippen molar-refractivity contribution in [1.29, 1.82) is 0 Å². The number of hydrogen-bond donors (Lipinski definition) is 0. The lowest BCUT2D eigenvalue weighted by Gasteiger charge is -2.23. The Morgan fingerprint density at radius 1 is 0.880 bits per heavy atom. The highest BCUT2D eigenvalue weighted by Crippen LogP contribution is 2.40. The predicted octanol–water partition coefficient (Wildman–Crippen LogP) is 5.33.